The van der Waals surface area contributed by atoms with Gasteiger partial charge in [-0.1, -0.05) is 6.92 Å². The third-order valence-corrected chi connectivity index (χ3v) is 3.54. The summed E-state index contributed by atoms with van der Waals surface area (Å²) in [7, 11) is 4.12. The predicted octanol–water partition coefficient (Wildman–Crippen LogP) is -0.663. The molecule has 2 aliphatic rings. The number of nitrogens with one attached hydrogen (secondary N) is 1. The van der Waals surface area contributed by atoms with Gasteiger partial charge in [-0.2, -0.15) is 0 Å². The molecule has 3 nitrogen and oxygen atoms in total. The highest BCUT2D eigenvalue weighted by atomic mass is 15.7. The number of hydrogen-bond acceptors (Lipinski definition) is 3. The molecule has 0 aromatic carbocycles. The van der Waals surface area contributed by atoms with Crippen molar-refractivity contribution in [2.75, 3.05) is 14.1 Å². The van der Waals surface area contributed by atoms with Crippen molar-refractivity contribution in [2.24, 2.45) is 5.73 Å². The Morgan fingerprint density at radius 1 is 1.70 bits per heavy atom. The molecule has 4 atom stereocenters. The minimum Gasteiger partial charge on any atom is -0.323 e. The first-order valence-corrected chi connectivity index (χ1v) is 3.87. The van der Waals surface area contributed by atoms with Crippen LogP contribution in [0.2, 0.25) is 0 Å². The Balaban J connectivity index is 2.19. The molecule has 0 aromatic heterocycles. The summed E-state index contributed by atoms with van der Waals surface area (Å²) in [6, 6.07) is 0.361. The third kappa shape index (κ3) is 0.307. The standard InChI is InChI=1S/C7H15N3/c1-4-6-5(8)7(6,9-2)10(6)3/h5,9H,4,8H2,1-3H3. The van der Waals surface area contributed by atoms with Crippen LogP contribution < -0.4 is 11.1 Å². The molecule has 10 heavy (non-hydrogen) atoms. The van der Waals surface area contributed by atoms with Crippen LogP contribution >= 0.6 is 0 Å². The molecule has 3 heteroatoms. The van der Waals surface area contributed by atoms with E-state index in [1.807, 2.05) is 7.05 Å². The fraction of sp³-hybridized carbons (Fsp3) is 1.00. The number of nitrogens with two attached hydrogens (primary N) is 1. The molecule has 58 valence electrons. The van der Waals surface area contributed by atoms with Gasteiger partial charge in [-0.25, -0.2) is 0 Å². The monoisotopic (exact) mass is 141 g/mol. The van der Waals surface area contributed by atoms with E-state index in [2.05, 4.69) is 24.2 Å². The van der Waals surface area contributed by atoms with Crippen LogP contribution in [0.4, 0.5) is 0 Å². The molecule has 0 spiro atoms. The molecule has 4 unspecified atom stereocenters. The Morgan fingerprint density at radius 3 is 2.40 bits per heavy atom. The molecule has 1 aliphatic heterocycles. The molecule has 2 rings (SSSR count). The van der Waals surface area contributed by atoms with E-state index in [4.69, 9.17) is 5.73 Å². The van der Waals surface area contributed by atoms with Gasteiger partial charge in [0.1, 0.15) is 5.66 Å². The molecule has 0 radical (unpaired) electrons. The van der Waals surface area contributed by atoms with Crippen molar-refractivity contribution in [2.45, 2.75) is 30.6 Å². The molecule has 2 fully saturated rings. The highest BCUT2D eigenvalue weighted by Gasteiger charge is 2.93. The summed E-state index contributed by atoms with van der Waals surface area (Å²) in [5.74, 6) is 0. The van der Waals surface area contributed by atoms with Crippen LogP contribution in [0.25, 0.3) is 0 Å². The van der Waals surface area contributed by atoms with Crippen LogP contribution in [0, 0.1) is 0 Å². The first kappa shape index (κ1) is 6.58. The zero-order valence-corrected chi connectivity index (χ0v) is 6.81. The maximum atomic E-state index is 5.89. The zero-order chi connectivity index (χ0) is 7.57. The second kappa shape index (κ2) is 1.40. The number of rotatable bonds is 2. The number of likely N-dealkylation sites (tertiary alicyclic amines) is 1. The van der Waals surface area contributed by atoms with Crippen LogP contribution in [0.5, 0.6) is 0 Å². The maximum Gasteiger partial charge on any atom is 0.109 e. The fourth-order valence-electron chi connectivity index (χ4n) is 2.75. The number of hydrogen-bond donors (Lipinski definition) is 2. The van der Waals surface area contributed by atoms with Crippen molar-refractivity contribution in [1.29, 1.82) is 0 Å². The van der Waals surface area contributed by atoms with Crippen LogP contribution in [0.1, 0.15) is 13.3 Å². The molecule has 0 aromatic rings. The highest BCUT2D eigenvalue weighted by Crippen LogP contribution is 2.70. The summed E-state index contributed by atoms with van der Waals surface area (Å²) in [4.78, 5) is 2.32. The normalized spacial score (nSPS) is 63.6. The van der Waals surface area contributed by atoms with Crippen molar-refractivity contribution in [1.82, 2.24) is 10.2 Å². The van der Waals surface area contributed by atoms with Crippen molar-refractivity contribution in [3.05, 3.63) is 0 Å². The van der Waals surface area contributed by atoms with Gasteiger partial charge in [0, 0.05) is 0 Å². The van der Waals surface area contributed by atoms with Gasteiger partial charge in [-0.3, -0.25) is 10.2 Å². The molecular formula is C7H15N3. The lowest BCUT2D eigenvalue weighted by atomic mass is 10.2. The maximum absolute atomic E-state index is 5.89. The van der Waals surface area contributed by atoms with E-state index in [1.54, 1.807) is 0 Å². The van der Waals surface area contributed by atoms with Gasteiger partial charge in [-0.05, 0) is 20.5 Å². The van der Waals surface area contributed by atoms with Gasteiger partial charge in [0.2, 0.25) is 0 Å². The quantitative estimate of drug-likeness (QED) is 0.501. The van der Waals surface area contributed by atoms with Gasteiger partial charge in [-0.15, -0.1) is 0 Å². The minimum absolute atomic E-state index is 0.182. The Labute approximate surface area is 61.6 Å². The average molecular weight is 141 g/mol. The van der Waals surface area contributed by atoms with Crippen LogP contribution in [-0.4, -0.2) is 36.2 Å². The van der Waals surface area contributed by atoms with Crippen molar-refractivity contribution in [3.8, 4) is 0 Å². The predicted molar refractivity (Wildman–Crippen MR) is 40.6 cm³/mol. The summed E-state index contributed by atoms with van der Waals surface area (Å²) >= 11 is 0. The summed E-state index contributed by atoms with van der Waals surface area (Å²) in [6.07, 6.45) is 1.16. The van der Waals surface area contributed by atoms with Gasteiger partial charge < -0.3 is 5.73 Å². The number of likely N-dealkylation sites (N-methyl/N-ethyl adjacent to an activating group) is 2. The van der Waals surface area contributed by atoms with Crippen LogP contribution in [0.3, 0.4) is 0 Å². The topological polar surface area (TPSA) is 41.1 Å². The lowest BCUT2D eigenvalue weighted by Crippen LogP contribution is -2.42. The van der Waals surface area contributed by atoms with E-state index in [1.165, 1.54) is 0 Å². The summed E-state index contributed by atoms with van der Waals surface area (Å²) in [6.45, 7) is 2.20. The summed E-state index contributed by atoms with van der Waals surface area (Å²) in [5, 5.41) is 3.28. The van der Waals surface area contributed by atoms with Crippen LogP contribution in [0.15, 0.2) is 0 Å². The van der Waals surface area contributed by atoms with Gasteiger partial charge in [0.25, 0.3) is 0 Å². The van der Waals surface area contributed by atoms with Gasteiger partial charge >= 0.3 is 0 Å². The van der Waals surface area contributed by atoms with E-state index in [0.717, 1.165) is 6.42 Å². The first-order valence-electron chi connectivity index (χ1n) is 3.87. The molecule has 1 saturated carbocycles. The van der Waals surface area contributed by atoms with E-state index in [-0.39, 0.29) is 5.66 Å². The number of nitrogens with zero attached hydrogens (tertiary/aromatic N) is 1. The van der Waals surface area contributed by atoms with Crippen molar-refractivity contribution in [3.63, 3.8) is 0 Å². The van der Waals surface area contributed by atoms with E-state index in [0.29, 0.717) is 11.6 Å². The van der Waals surface area contributed by atoms with Crippen molar-refractivity contribution >= 4 is 0 Å². The molecule has 1 aliphatic carbocycles. The third-order valence-electron chi connectivity index (χ3n) is 3.54. The lowest BCUT2D eigenvalue weighted by molar-refractivity contribution is 0.299. The Bertz CT molecular complexity index is 150. The smallest absolute Gasteiger partial charge is 0.109 e. The van der Waals surface area contributed by atoms with Crippen molar-refractivity contribution < 1.29 is 0 Å². The molecule has 3 N–H and O–H groups in total. The van der Waals surface area contributed by atoms with Gasteiger partial charge in [0.15, 0.2) is 0 Å². The van der Waals surface area contributed by atoms with E-state index < -0.39 is 0 Å². The SMILES string of the molecule is CCC12C(N)C1(NC)N2C. The Hall–Kier alpha value is -0.120. The average Bonchev–Trinajstić information content (AvgIpc) is 2.73. The number of fused-ring (bicyclic) bond motifs is 1. The molecule has 1 heterocycles. The second-order valence-corrected chi connectivity index (χ2v) is 3.33. The van der Waals surface area contributed by atoms with Gasteiger partial charge in [0.05, 0.1) is 11.6 Å². The molecule has 0 amide bonds. The Morgan fingerprint density at radius 2 is 2.30 bits per heavy atom. The molecule has 0 bridgehead atoms. The zero-order valence-electron chi connectivity index (χ0n) is 6.81. The van der Waals surface area contributed by atoms with E-state index in [9.17, 15) is 0 Å². The highest BCUT2D eigenvalue weighted by molar-refractivity contribution is 5.51. The largest absolute Gasteiger partial charge is 0.323 e. The van der Waals surface area contributed by atoms with E-state index >= 15 is 0 Å². The lowest BCUT2D eigenvalue weighted by Gasteiger charge is -2.16. The summed E-state index contributed by atoms with van der Waals surface area (Å²) < 4.78 is 0. The molecular weight excluding hydrogens is 126 g/mol. The summed E-state index contributed by atoms with van der Waals surface area (Å²) in [5.41, 5.74) is 6.40. The first-order chi connectivity index (χ1) is 4.68. The van der Waals surface area contributed by atoms with Crippen LogP contribution in [-0.2, 0) is 0 Å². The fourth-order valence-corrected chi connectivity index (χ4v) is 2.75. The molecule has 1 saturated heterocycles. The second-order valence-electron chi connectivity index (χ2n) is 3.33. The Kier molecular flexibility index (Phi) is 0.918. The minimum atomic E-state index is 0.182.